The molecule has 0 bridgehead atoms. The zero-order valence-corrected chi connectivity index (χ0v) is 6.60. The van der Waals surface area contributed by atoms with Gasteiger partial charge in [0.25, 0.3) is 0 Å². The largest absolute Gasteiger partial charge is 0.205 e. The Morgan fingerprint density at radius 3 is 2.33 bits per heavy atom. The van der Waals surface area contributed by atoms with E-state index in [0.717, 1.165) is 0 Å². The summed E-state index contributed by atoms with van der Waals surface area (Å²) in [6, 6.07) is 10.1. The SMILES string of the molecule is c1ccc(C2COOOC2)cc1. The third kappa shape index (κ3) is 1.64. The van der Waals surface area contributed by atoms with Crippen molar-refractivity contribution in [2.75, 3.05) is 13.2 Å². The smallest absolute Gasteiger partial charge is 0.0945 e. The van der Waals surface area contributed by atoms with E-state index < -0.39 is 0 Å². The zero-order chi connectivity index (χ0) is 8.23. The molecule has 0 amide bonds. The minimum atomic E-state index is 0.292. The molecule has 3 nitrogen and oxygen atoms in total. The van der Waals surface area contributed by atoms with E-state index in [2.05, 4.69) is 17.2 Å². The molecule has 1 saturated heterocycles. The molecule has 1 fully saturated rings. The van der Waals surface area contributed by atoms with Crippen LogP contribution in [0.3, 0.4) is 0 Å². The summed E-state index contributed by atoms with van der Waals surface area (Å²) in [6.07, 6.45) is 0. The first kappa shape index (κ1) is 7.73. The van der Waals surface area contributed by atoms with Gasteiger partial charge in [0.05, 0.1) is 13.2 Å². The van der Waals surface area contributed by atoms with E-state index in [9.17, 15) is 0 Å². The van der Waals surface area contributed by atoms with Crippen LogP contribution in [0.5, 0.6) is 0 Å². The van der Waals surface area contributed by atoms with Gasteiger partial charge in [-0.15, -0.1) is 0 Å². The fourth-order valence-electron chi connectivity index (χ4n) is 1.22. The van der Waals surface area contributed by atoms with Gasteiger partial charge in [0.2, 0.25) is 0 Å². The molecule has 0 unspecified atom stereocenters. The maximum absolute atomic E-state index is 4.71. The van der Waals surface area contributed by atoms with Gasteiger partial charge in [0, 0.05) is 5.92 Å². The lowest BCUT2D eigenvalue weighted by Gasteiger charge is -2.19. The number of rotatable bonds is 1. The predicted molar refractivity (Wildman–Crippen MR) is 42.2 cm³/mol. The molecule has 0 spiro atoms. The van der Waals surface area contributed by atoms with Gasteiger partial charge in [-0.25, -0.2) is 9.78 Å². The van der Waals surface area contributed by atoms with Gasteiger partial charge in [-0.3, -0.25) is 0 Å². The van der Waals surface area contributed by atoms with E-state index >= 15 is 0 Å². The Morgan fingerprint density at radius 1 is 1.00 bits per heavy atom. The van der Waals surface area contributed by atoms with Crippen molar-refractivity contribution >= 4 is 0 Å². The molecule has 12 heavy (non-hydrogen) atoms. The third-order valence-corrected chi connectivity index (χ3v) is 1.91. The summed E-state index contributed by atoms with van der Waals surface area (Å²) < 4.78 is 0. The topological polar surface area (TPSA) is 27.7 Å². The molecule has 64 valence electrons. The highest BCUT2D eigenvalue weighted by Gasteiger charge is 2.17. The van der Waals surface area contributed by atoms with Crippen LogP contribution < -0.4 is 0 Å². The summed E-state index contributed by atoms with van der Waals surface area (Å²) in [5, 5.41) is 4.32. The van der Waals surface area contributed by atoms with Crippen LogP contribution >= 0.6 is 0 Å². The first-order valence-electron chi connectivity index (χ1n) is 3.93. The fourth-order valence-corrected chi connectivity index (χ4v) is 1.22. The van der Waals surface area contributed by atoms with Crippen LogP contribution in [0.25, 0.3) is 0 Å². The molecular formula is C9H10O3. The minimum Gasteiger partial charge on any atom is -0.205 e. The summed E-state index contributed by atoms with van der Waals surface area (Å²) in [7, 11) is 0. The molecule has 1 aliphatic rings. The highest BCUT2D eigenvalue weighted by molar-refractivity contribution is 5.19. The molecule has 0 N–H and O–H groups in total. The van der Waals surface area contributed by atoms with Gasteiger partial charge < -0.3 is 0 Å². The van der Waals surface area contributed by atoms with Gasteiger partial charge in [0.1, 0.15) is 0 Å². The van der Waals surface area contributed by atoms with E-state index in [1.807, 2.05) is 18.2 Å². The first-order valence-corrected chi connectivity index (χ1v) is 3.93. The highest BCUT2D eigenvalue weighted by Crippen LogP contribution is 2.19. The second-order valence-electron chi connectivity index (χ2n) is 2.74. The number of benzene rings is 1. The van der Waals surface area contributed by atoms with Crippen molar-refractivity contribution in [3.05, 3.63) is 35.9 Å². The molecule has 0 atom stereocenters. The second kappa shape index (κ2) is 3.67. The average molecular weight is 166 g/mol. The van der Waals surface area contributed by atoms with Crippen molar-refractivity contribution < 1.29 is 14.8 Å². The molecular weight excluding hydrogens is 156 g/mol. The van der Waals surface area contributed by atoms with Crippen molar-refractivity contribution in [3.8, 4) is 0 Å². The Balaban J connectivity index is 2.08. The molecule has 1 aliphatic heterocycles. The lowest BCUT2D eigenvalue weighted by atomic mass is 10.0. The fraction of sp³-hybridized carbons (Fsp3) is 0.333. The molecule has 3 heteroatoms. The maximum Gasteiger partial charge on any atom is 0.0945 e. The van der Waals surface area contributed by atoms with Crippen LogP contribution in [-0.4, -0.2) is 13.2 Å². The van der Waals surface area contributed by atoms with Crippen molar-refractivity contribution in [2.24, 2.45) is 0 Å². The molecule has 0 aromatic heterocycles. The van der Waals surface area contributed by atoms with E-state index in [0.29, 0.717) is 19.1 Å². The average Bonchev–Trinajstić information content (AvgIpc) is 2.21. The van der Waals surface area contributed by atoms with Gasteiger partial charge in [-0.2, -0.15) is 0 Å². The summed E-state index contributed by atoms with van der Waals surface area (Å²) >= 11 is 0. The molecule has 1 heterocycles. The minimum absolute atomic E-state index is 0.292. The highest BCUT2D eigenvalue weighted by atomic mass is 17.5. The Kier molecular flexibility index (Phi) is 2.36. The van der Waals surface area contributed by atoms with E-state index in [1.54, 1.807) is 0 Å². The number of hydrogen-bond acceptors (Lipinski definition) is 3. The summed E-state index contributed by atoms with van der Waals surface area (Å²) in [5.74, 6) is 0.292. The van der Waals surface area contributed by atoms with Crippen molar-refractivity contribution in [1.82, 2.24) is 0 Å². The van der Waals surface area contributed by atoms with Gasteiger partial charge in [-0.1, -0.05) is 35.4 Å². The van der Waals surface area contributed by atoms with Gasteiger partial charge in [-0.05, 0) is 5.56 Å². The molecule has 1 aromatic carbocycles. The molecule has 0 aliphatic carbocycles. The summed E-state index contributed by atoms with van der Waals surface area (Å²) in [4.78, 5) is 9.43. The molecule has 0 radical (unpaired) electrons. The lowest BCUT2D eigenvalue weighted by Crippen LogP contribution is -2.20. The van der Waals surface area contributed by atoms with E-state index in [4.69, 9.17) is 9.78 Å². The Morgan fingerprint density at radius 2 is 1.67 bits per heavy atom. The van der Waals surface area contributed by atoms with Crippen molar-refractivity contribution in [1.29, 1.82) is 0 Å². The van der Waals surface area contributed by atoms with Crippen molar-refractivity contribution in [3.63, 3.8) is 0 Å². The monoisotopic (exact) mass is 166 g/mol. The quantitative estimate of drug-likeness (QED) is 0.594. The molecule has 2 rings (SSSR count). The predicted octanol–water partition coefficient (Wildman–Crippen LogP) is 1.66. The summed E-state index contributed by atoms with van der Waals surface area (Å²) in [5.41, 5.74) is 1.22. The Hall–Kier alpha value is -0.900. The van der Waals surface area contributed by atoms with Gasteiger partial charge in [0.15, 0.2) is 0 Å². The van der Waals surface area contributed by atoms with Crippen LogP contribution in [0.1, 0.15) is 11.5 Å². The summed E-state index contributed by atoms with van der Waals surface area (Å²) in [6.45, 7) is 1.12. The first-order chi connectivity index (χ1) is 5.97. The normalized spacial score (nSPS) is 19.3. The molecule has 1 aromatic rings. The van der Waals surface area contributed by atoms with Crippen LogP contribution in [-0.2, 0) is 14.8 Å². The third-order valence-electron chi connectivity index (χ3n) is 1.91. The Labute approximate surface area is 70.7 Å². The standard InChI is InChI=1S/C9H10O3/c1-2-4-8(5-3-1)9-6-10-12-11-7-9/h1-5,9H,6-7H2. The van der Waals surface area contributed by atoms with E-state index in [1.165, 1.54) is 5.56 Å². The van der Waals surface area contributed by atoms with Crippen LogP contribution in [0.15, 0.2) is 30.3 Å². The maximum atomic E-state index is 4.71. The van der Waals surface area contributed by atoms with Crippen molar-refractivity contribution in [2.45, 2.75) is 5.92 Å². The van der Waals surface area contributed by atoms with Crippen LogP contribution in [0.4, 0.5) is 0 Å². The van der Waals surface area contributed by atoms with Crippen LogP contribution in [0.2, 0.25) is 0 Å². The van der Waals surface area contributed by atoms with Gasteiger partial charge >= 0.3 is 0 Å². The van der Waals surface area contributed by atoms with E-state index in [-0.39, 0.29) is 0 Å². The molecule has 0 saturated carbocycles. The second-order valence-corrected chi connectivity index (χ2v) is 2.74. The zero-order valence-electron chi connectivity index (χ0n) is 6.60. The Bertz CT molecular complexity index is 229. The number of hydrogen-bond donors (Lipinski definition) is 0. The van der Waals surface area contributed by atoms with Crippen LogP contribution in [0, 0.1) is 0 Å². The lowest BCUT2D eigenvalue weighted by molar-refractivity contribution is -0.535.